The van der Waals surface area contributed by atoms with Crippen molar-refractivity contribution in [1.29, 1.82) is 0 Å². The van der Waals surface area contributed by atoms with E-state index < -0.39 is 37.1 Å². The number of carbonyl (C=O) groups is 2. The van der Waals surface area contributed by atoms with Crippen LogP contribution in [-0.4, -0.2) is 90.3 Å². The maximum atomic E-state index is 11.6. The summed E-state index contributed by atoms with van der Waals surface area (Å²) >= 11 is 0. The SMILES string of the molecule is CCN(C=O)c1cc(CCNc2nc(N)c3ncn([C@@H]4O[C@H](CO)[C@@H](O)[C@H]4O)c3n2)ccc1CCC(=O)O. The Labute approximate surface area is 217 Å². The predicted octanol–water partition coefficient (Wildman–Crippen LogP) is -0.325. The number of carboxylic acids is 1. The number of nitrogens with one attached hydrogen (secondary N) is 1. The summed E-state index contributed by atoms with van der Waals surface area (Å²) in [5.74, 6) is -0.586. The number of ether oxygens (including phenoxy) is 1. The van der Waals surface area contributed by atoms with E-state index in [0.29, 0.717) is 37.1 Å². The number of rotatable bonds is 12. The summed E-state index contributed by atoms with van der Waals surface area (Å²) in [4.78, 5) is 37.0. The van der Waals surface area contributed by atoms with E-state index in [1.165, 1.54) is 15.8 Å². The van der Waals surface area contributed by atoms with Gasteiger partial charge in [0.05, 0.1) is 12.9 Å². The van der Waals surface area contributed by atoms with Crippen LogP contribution in [0.4, 0.5) is 17.5 Å². The molecule has 0 bridgehead atoms. The van der Waals surface area contributed by atoms with Crippen LogP contribution in [0.5, 0.6) is 0 Å². The fourth-order valence-electron chi connectivity index (χ4n) is 4.42. The highest BCUT2D eigenvalue weighted by molar-refractivity contribution is 5.83. The summed E-state index contributed by atoms with van der Waals surface area (Å²) in [7, 11) is 0. The van der Waals surface area contributed by atoms with Crippen LogP contribution in [0.2, 0.25) is 0 Å². The molecule has 14 heteroatoms. The van der Waals surface area contributed by atoms with Gasteiger partial charge in [-0.15, -0.1) is 0 Å². The molecule has 0 radical (unpaired) electrons. The van der Waals surface area contributed by atoms with Gasteiger partial charge in [-0.1, -0.05) is 12.1 Å². The van der Waals surface area contributed by atoms with Crippen LogP contribution in [-0.2, 0) is 27.2 Å². The van der Waals surface area contributed by atoms with Crippen molar-refractivity contribution in [1.82, 2.24) is 19.5 Å². The van der Waals surface area contributed by atoms with Crippen molar-refractivity contribution in [3.05, 3.63) is 35.7 Å². The number of aliphatic hydroxyl groups excluding tert-OH is 3. The van der Waals surface area contributed by atoms with E-state index in [9.17, 15) is 24.9 Å². The van der Waals surface area contributed by atoms with Crippen molar-refractivity contribution in [2.24, 2.45) is 0 Å². The minimum absolute atomic E-state index is 0.0370. The Hall–Kier alpha value is -3.85. The molecule has 1 aromatic carbocycles. The summed E-state index contributed by atoms with van der Waals surface area (Å²) in [6.07, 6.45) is -1.64. The number of amides is 1. The van der Waals surface area contributed by atoms with E-state index in [-0.39, 0.29) is 23.8 Å². The molecule has 1 aliphatic rings. The first-order chi connectivity index (χ1) is 18.3. The summed E-state index contributed by atoms with van der Waals surface area (Å²) in [5, 5.41) is 42.0. The second kappa shape index (κ2) is 11.7. The zero-order valence-corrected chi connectivity index (χ0v) is 20.8. The number of anilines is 3. The average Bonchev–Trinajstić information content (AvgIpc) is 3.45. The van der Waals surface area contributed by atoms with Crippen LogP contribution in [0, 0.1) is 0 Å². The van der Waals surface area contributed by atoms with E-state index in [2.05, 4.69) is 20.3 Å². The monoisotopic (exact) mass is 529 g/mol. The van der Waals surface area contributed by atoms with E-state index in [0.717, 1.165) is 17.5 Å². The fourth-order valence-corrected chi connectivity index (χ4v) is 4.42. The first kappa shape index (κ1) is 27.2. The summed E-state index contributed by atoms with van der Waals surface area (Å²) in [6.45, 7) is 2.23. The maximum absolute atomic E-state index is 11.6. The third-order valence-electron chi connectivity index (χ3n) is 6.47. The van der Waals surface area contributed by atoms with Crippen LogP contribution in [0.1, 0.15) is 30.7 Å². The predicted molar refractivity (Wildman–Crippen MR) is 136 cm³/mol. The molecule has 7 N–H and O–H groups in total. The normalized spacial score (nSPS) is 21.1. The molecule has 4 rings (SSSR count). The van der Waals surface area contributed by atoms with Crippen molar-refractivity contribution >= 4 is 41.0 Å². The van der Waals surface area contributed by atoms with Crippen LogP contribution < -0.4 is 16.0 Å². The average molecular weight is 530 g/mol. The number of carbonyl (C=O) groups excluding carboxylic acids is 1. The highest BCUT2D eigenvalue weighted by Gasteiger charge is 2.44. The van der Waals surface area contributed by atoms with Gasteiger partial charge in [0.2, 0.25) is 12.4 Å². The largest absolute Gasteiger partial charge is 0.481 e. The van der Waals surface area contributed by atoms with Gasteiger partial charge in [-0.05, 0) is 37.0 Å². The third kappa shape index (κ3) is 5.52. The number of imidazole rings is 1. The molecule has 1 amide bonds. The Morgan fingerprint density at radius 2 is 2.05 bits per heavy atom. The Bertz CT molecular complexity index is 1300. The molecule has 1 fully saturated rings. The van der Waals surface area contributed by atoms with Gasteiger partial charge in [0.15, 0.2) is 17.7 Å². The van der Waals surface area contributed by atoms with Crippen molar-refractivity contribution in [2.45, 2.75) is 50.7 Å². The highest BCUT2D eigenvalue weighted by atomic mass is 16.6. The summed E-state index contributed by atoms with van der Waals surface area (Å²) in [6, 6.07) is 5.59. The lowest BCUT2D eigenvalue weighted by molar-refractivity contribution is -0.136. The van der Waals surface area contributed by atoms with Crippen LogP contribution in [0.15, 0.2) is 24.5 Å². The molecule has 3 aromatic rings. The Balaban J connectivity index is 1.50. The number of fused-ring (bicyclic) bond motifs is 1. The van der Waals surface area contributed by atoms with Crippen LogP contribution in [0.3, 0.4) is 0 Å². The van der Waals surface area contributed by atoms with Crippen LogP contribution in [0.25, 0.3) is 11.2 Å². The number of aromatic nitrogens is 4. The molecule has 14 nitrogen and oxygen atoms in total. The van der Waals surface area contributed by atoms with Crippen LogP contribution >= 0.6 is 0 Å². The second-order valence-electron chi connectivity index (χ2n) is 8.91. The number of hydrogen-bond donors (Lipinski definition) is 6. The number of nitrogen functional groups attached to an aromatic ring is 1. The summed E-state index contributed by atoms with van der Waals surface area (Å²) in [5.41, 5.74) is 9.02. The number of aliphatic carboxylic acids is 1. The van der Waals surface area contributed by atoms with Gasteiger partial charge in [0.1, 0.15) is 23.8 Å². The Morgan fingerprint density at radius 3 is 2.71 bits per heavy atom. The molecular weight excluding hydrogens is 498 g/mol. The van der Waals surface area contributed by atoms with Gasteiger partial charge in [-0.2, -0.15) is 9.97 Å². The molecule has 204 valence electrons. The molecule has 1 aliphatic heterocycles. The van der Waals surface area contributed by atoms with Gasteiger partial charge in [0, 0.05) is 25.2 Å². The number of benzene rings is 1. The molecular formula is C24H31N7O7. The van der Waals surface area contributed by atoms with Gasteiger partial charge < -0.3 is 41.1 Å². The van der Waals surface area contributed by atoms with E-state index in [4.69, 9.17) is 15.6 Å². The Morgan fingerprint density at radius 1 is 1.26 bits per heavy atom. The molecule has 4 atom stereocenters. The first-order valence-corrected chi connectivity index (χ1v) is 12.2. The molecule has 0 spiro atoms. The first-order valence-electron chi connectivity index (χ1n) is 12.2. The van der Waals surface area contributed by atoms with Crippen molar-refractivity contribution in [3.63, 3.8) is 0 Å². The zero-order chi connectivity index (χ0) is 27.4. The molecule has 3 heterocycles. The quantitative estimate of drug-likeness (QED) is 0.167. The summed E-state index contributed by atoms with van der Waals surface area (Å²) < 4.78 is 7.02. The van der Waals surface area contributed by atoms with Gasteiger partial charge in [-0.25, -0.2) is 4.98 Å². The number of carboxylic acid groups (broad SMARTS) is 1. The molecule has 38 heavy (non-hydrogen) atoms. The molecule has 0 unspecified atom stereocenters. The minimum atomic E-state index is -1.31. The van der Waals surface area contributed by atoms with E-state index in [1.807, 2.05) is 25.1 Å². The lowest BCUT2D eigenvalue weighted by Gasteiger charge is -2.20. The van der Waals surface area contributed by atoms with Gasteiger partial charge >= 0.3 is 5.97 Å². The number of nitrogens with zero attached hydrogens (tertiary/aromatic N) is 5. The number of nitrogens with two attached hydrogens (primary N) is 1. The maximum Gasteiger partial charge on any atom is 0.303 e. The van der Waals surface area contributed by atoms with Crippen molar-refractivity contribution in [2.75, 3.05) is 35.6 Å². The van der Waals surface area contributed by atoms with E-state index in [1.54, 1.807) is 0 Å². The number of hydrogen-bond acceptors (Lipinski definition) is 11. The standard InChI is InChI=1S/C24H31N7O7/c1-2-30(12-33)15-9-13(3-4-14(15)5-6-17(34)35)7-8-26-24-28-21(25)18-22(29-24)31(11-27-18)23-20(37)19(36)16(10-32)38-23/h3-4,9,11-12,16,19-20,23,32,36-37H,2,5-8,10H2,1H3,(H,34,35)(H3,25,26,28,29)/t16-,19-,20-,23-/m1/s1. The van der Waals surface area contributed by atoms with E-state index >= 15 is 0 Å². The fraction of sp³-hybridized carbons (Fsp3) is 0.458. The molecule has 2 aromatic heterocycles. The second-order valence-corrected chi connectivity index (χ2v) is 8.91. The molecule has 0 aliphatic carbocycles. The molecule has 1 saturated heterocycles. The number of aryl methyl sites for hydroxylation is 1. The lowest BCUT2D eigenvalue weighted by Crippen LogP contribution is -2.33. The van der Waals surface area contributed by atoms with Crippen molar-refractivity contribution in [3.8, 4) is 0 Å². The smallest absolute Gasteiger partial charge is 0.303 e. The lowest BCUT2D eigenvalue weighted by atomic mass is 10.0. The zero-order valence-electron chi connectivity index (χ0n) is 20.8. The highest BCUT2D eigenvalue weighted by Crippen LogP contribution is 2.32. The number of aliphatic hydroxyl groups is 3. The third-order valence-corrected chi connectivity index (χ3v) is 6.47. The van der Waals surface area contributed by atoms with Gasteiger partial charge in [0.25, 0.3) is 0 Å². The molecule has 0 saturated carbocycles. The topological polar surface area (TPSA) is 209 Å². The van der Waals surface area contributed by atoms with Gasteiger partial charge in [-0.3, -0.25) is 14.2 Å². The Kier molecular flexibility index (Phi) is 8.36. The minimum Gasteiger partial charge on any atom is -0.481 e. The van der Waals surface area contributed by atoms with Crippen molar-refractivity contribution < 1.29 is 34.8 Å².